The molecule has 1 aliphatic carbocycles. The van der Waals surface area contributed by atoms with Crippen LogP contribution in [0.15, 0.2) is 0 Å². The molecule has 20 heavy (non-hydrogen) atoms. The summed E-state index contributed by atoms with van der Waals surface area (Å²) in [6, 6.07) is 1.41. The Balaban J connectivity index is 2.67. The van der Waals surface area contributed by atoms with Crippen LogP contribution in [0.25, 0.3) is 0 Å². The van der Waals surface area contributed by atoms with Crippen LogP contribution in [0.3, 0.4) is 0 Å². The molecule has 0 aromatic carbocycles. The highest BCUT2D eigenvalue weighted by atomic mass is 32.2. The Morgan fingerprint density at radius 3 is 2.60 bits per heavy atom. The zero-order valence-corrected chi connectivity index (χ0v) is 15.4. The van der Waals surface area contributed by atoms with Gasteiger partial charge in [0.25, 0.3) is 0 Å². The summed E-state index contributed by atoms with van der Waals surface area (Å²) in [6.07, 6.45) is 7.64. The van der Waals surface area contributed by atoms with Crippen LogP contribution in [0.1, 0.15) is 53.4 Å². The summed E-state index contributed by atoms with van der Waals surface area (Å²) < 4.78 is 0. The van der Waals surface area contributed by atoms with Crippen molar-refractivity contribution in [2.45, 2.75) is 65.5 Å². The van der Waals surface area contributed by atoms with Crippen molar-refractivity contribution in [2.75, 3.05) is 32.1 Å². The summed E-state index contributed by atoms with van der Waals surface area (Å²) in [7, 11) is 2.33. The molecule has 3 heteroatoms. The van der Waals surface area contributed by atoms with E-state index < -0.39 is 0 Å². The zero-order chi connectivity index (χ0) is 15.2. The van der Waals surface area contributed by atoms with Crippen molar-refractivity contribution in [3.05, 3.63) is 0 Å². The molecule has 1 N–H and O–H groups in total. The minimum Gasteiger partial charge on any atom is -0.313 e. The molecule has 0 aromatic heterocycles. The van der Waals surface area contributed by atoms with E-state index in [1.807, 2.05) is 11.8 Å². The molecule has 0 radical (unpaired) electrons. The number of hydrogen-bond acceptors (Lipinski definition) is 3. The maximum absolute atomic E-state index is 3.79. The molecule has 1 rings (SSSR count). The van der Waals surface area contributed by atoms with E-state index in [1.54, 1.807) is 0 Å². The van der Waals surface area contributed by atoms with Crippen LogP contribution in [-0.2, 0) is 0 Å². The van der Waals surface area contributed by atoms with E-state index in [1.165, 1.54) is 38.0 Å². The summed E-state index contributed by atoms with van der Waals surface area (Å²) in [5.41, 5.74) is 0.445. The van der Waals surface area contributed by atoms with Crippen molar-refractivity contribution in [1.82, 2.24) is 10.2 Å². The Bertz CT molecular complexity index is 268. The summed E-state index contributed by atoms with van der Waals surface area (Å²) in [5, 5.41) is 3.79. The lowest BCUT2D eigenvalue weighted by Gasteiger charge is -2.46. The highest BCUT2D eigenvalue weighted by Crippen LogP contribution is 2.39. The fourth-order valence-electron chi connectivity index (χ4n) is 3.91. The van der Waals surface area contributed by atoms with Gasteiger partial charge in [-0.1, -0.05) is 34.1 Å². The van der Waals surface area contributed by atoms with E-state index >= 15 is 0 Å². The van der Waals surface area contributed by atoms with Gasteiger partial charge in [0.05, 0.1) is 0 Å². The van der Waals surface area contributed by atoms with E-state index in [2.05, 4.69) is 51.2 Å². The van der Waals surface area contributed by atoms with Gasteiger partial charge in [-0.15, -0.1) is 0 Å². The third-order valence-corrected chi connectivity index (χ3v) is 5.83. The number of hydrogen-bond donors (Lipinski definition) is 1. The lowest BCUT2D eigenvalue weighted by Crippen LogP contribution is -2.53. The normalized spacial score (nSPS) is 27.8. The molecule has 1 fully saturated rings. The second kappa shape index (κ2) is 8.65. The van der Waals surface area contributed by atoms with Crippen molar-refractivity contribution < 1.29 is 0 Å². The summed E-state index contributed by atoms with van der Waals surface area (Å²) in [4.78, 5) is 2.62. The van der Waals surface area contributed by atoms with Gasteiger partial charge in [0.2, 0.25) is 0 Å². The standard InChI is InChI=1S/C17H36N2S/c1-7-15(13-20-6)19(5)12-14-10-9-11-17(3,4)16(14)18-8-2/h14-16,18H,7-13H2,1-6H3. The fraction of sp³-hybridized carbons (Fsp3) is 1.00. The summed E-state index contributed by atoms with van der Waals surface area (Å²) in [6.45, 7) is 11.8. The Hall–Kier alpha value is 0.270. The first kappa shape index (κ1) is 18.3. The highest BCUT2D eigenvalue weighted by Gasteiger charge is 2.38. The molecule has 1 aliphatic rings. The number of thioether (sulfide) groups is 1. The SMILES string of the molecule is CCNC1C(CN(C)C(CC)CSC)CCCC1(C)C. The number of nitrogens with one attached hydrogen (secondary N) is 1. The Morgan fingerprint density at radius 1 is 1.35 bits per heavy atom. The van der Waals surface area contributed by atoms with E-state index in [-0.39, 0.29) is 0 Å². The molecule has 3 unspecified atom stereocenters. The average Bonchev–Trinajstić information content (AvgIpc) is 2.39. The third-order valence-electron chi connectivity index (χ3n) is 5.11. The Kier molecular flexibility index (Phi) is 7.92. The van der Waals surface area contributed by atoms with Crippen molar-refractivity contribution in [3.8, 4) is 0 Å². The maximum atomic E-state index is 3.79. The lowest BCUT2D eigenvalue weighted by atomic mass is 9.67. The Morgan fingerprint density at radius 2 is 2.05 bits per heavy atom. The average molecular weight is 301 g/mol. The Labute approximate surface area is 131 Å². The predicted octanol–water partition coefficient (Wildman–Crippen LogP) is 3.86. The molecular weight excluding hydrogens is 264 g/mol. The largest absolute Gasteiger partial charge is 0.313 e. The molecule has 2 nitrogen and oxygen atoms in total. The molecule has 0 saturated heterocycles. The third kappa shape index (κ3) is 4.92. The van der Waals surface area contributed by atoms with Gasteiger partial charge in [0.1, 0.15) is 0 Å². The monoisotopic (exact) mass is 300 g/mol. The van der Waals surface area contributed by atoms with Crippen LogP contribution in [0.2, 0.25) is 0 Å². The van der Waals surface area contributed by atoms with Crippen LogP contribution in [0, 0.1) is 11.3 Å². The minimum absolute atomic E-state index is 0.445. The van der Waals surface area contributed by atoms with E-state index in [9.17, 15) is 0 Å². The van der Waals surface area contributed by atoms with Crippen molar-refractivity contribution in [1.29, 1.82) is 0 Å². The van der Waals surface area contributed by atoms with Gasteiger partial charge < -0.3 is 10.2 Å². The van der Waals surface area contributed by atoms with Crippen LogP contribution >= 0.6 is 11.8 Å². The summed E-state index contributed by atoms with van der Waals surface area (Å²) in [5.74, 6) is 2.06. The molecule has 3 atom stereocenters. The number of nitrogens with zero attached hydrogens (tertiary/aromatic N) is 1. The quantitative estimate of drug-likeness (QED) is 0.732. The van der Waals surface area contributed by atoms with E-state index in [0.717, 1.165) is 18.5 Å². The summed E-state index contributed by atoms with van der Waals surface area (Å²) >= 11 is 1.98. The molecule has 0 bridgehead atoms. The van der Waals surface area contributed by atoms with Crippen molar-refractivity contribution in [2.24, 2.45) is 11.3 Å². The molecule has 0 heterocycles. The topological polar surface area (TPSA) is 15.3 Å². The second-order valence-electron chi connectivity index (χ2n) is 7.13. The van der Waals surface area contributed by atoms with Crippen molar-refractivity contribution in [3.63, 3.8) is 0 Å². The van der Waals surface area contributed by atoms with Crippen molar-refractivity contribution >= 4 is 11.8 Å². The van der Waals surface area contributed by atoms with Crippen LogP contribution < -0.4 is 5.32 Å². The van der Waals surface area contributed by atoms with Gasteiger partial charge in [-0.05, 0) is 50.4 Å². The molecule has 1 saturated carbocycles. The van der Waals surface area contributed by atoms with Crippen LogP contribution in [0.4, 0.5) is 0 Å². The first-order valence-electron chi connectivity index (χ1n) is 8.38. The van der Waals surface area contributed by atoms with Gasteiger partial charge in [0, 0.05) is 24.4 Å². The second-order valence-corrected chi connectivity index (χ2v) is 8.04. The minimum atomic E-state index is 0.445. The maximum Gasteiger partial charge on any atom is 0.0180 e. The van der Waals surface area contributed by atoms with Gasteiger partial charge >= 0.3 is 0 Å². The van der Waals surface area contributed by atoms with Crippen LogP contribution in [-0.4, -0.2) is 49.1 Å². The zero-order valence-electron chi connectivity index (χ0n) is 14.5. The van der Waals surface area contributed by atoms with Gasteiger partial charge in [-0.3, -0.25) is 0 Å². The number of rotatable bonds is 8. The smallest absolute Gasteiger partial charge is 0.0180 e. The molecule has 0 aliphatic heterocycles. The van der Waals surface area contributed by atoms with Gasteiger partial charge in [-0.25, -0.2) is 0 Å². The van der Waals surface area contributed by atoms with Crippen LogP contribution in [0.5, 0.6) is 0 Å². The molecule has 0 amide bonds. The van der Waals surface area contributed by atoms with Gasteiger partial charge in [-0.2, -0.15) is 11.8 Å². The fourth-order valence-corrected chi connectivity index (χ4v) is 4.78. The van der Waals surface area contributed by atoms with E-state index in [0.29, 0.717) is 11.5 Å². The lowest BCUT2D eigenvalue weighted by molar-refractivity contribution is 0.0773. The first-order valence-corrected chi connectivity index (χ1v) is 9.78. The molecule has 120 valence electrons. The highest BCUT2D eigenvalue weighted by molar-refractivity contribution is 7.98. The molecule has 0 aromatic rings. The first-order chi connectivity index (χ1) is 9.46. The molecular formula is C17H36N2S. The van der Waals surface area contributed by atoms with E-state index in [4.69, 9.17) is 0 Å². The predicted molar refractivity (Wildman–Crippen MR) is 93.7 cm³/mol. The molecule has 0 spiro atoms. The van der Waals surface area contributed by atoms with Gasteiger partial charge in [0.15, 0.2) is 0 Å².